The lowest BCUT2D eigenvalue weighted by molar-refractivity contribution is 0.287. The lowest BCUT2D eigenvalue weighted by atomic mass is 10.1. The minimum absolute atomic E-state index is 0.191. The van der Waals surface area contributed by atoms with Crippen LogP contribution in [0.15, 0.2) is 30.7 Å². The topological polar surface area (TPSA) is 77.6 Å². The van der Waals surface area contributed by atoms with E-state index in [4.69, 9.17) is 5.11 Å². The van der Waals surface area contributed by atoms with Gasteiger partial charge in [-0.3, -0.25) is 0 Å². The largest absolute Gasteiger partial charge is 0.396 e. The van der Waals surface area contributed by atoms with Crippen molar-refractivity contribution in [3.63, 3.8) is 0 Å². The maximum absolute atomic E-state index is 8.79. The lowest BCUT2D eigenvalue weighted by Gasteiger charge is -1.97. The molecule has 2 aromatic heterocycles. The molecule has 0 unspecified atom stereocenters. The third-order valence-electron chi connectivity index (χ3n) is 2.93. The van der Waals surface area contributed by atoms with Crippen LogP contribution in [0.3, 0.4) is 0 Å². The number of benzene rings is 1. The molecule has 0 bridgehead atoms. The molecule has 0 fully saturated rings. The first-order chi connectivity index (χ1) is 8.86. The smallest absolute Gasteiger partial charge is 0.106 e. The summed E-state index contributed by atoms with van der Waals surface area (Å²) in [6.45, 7) is 0.191. The van der Waals surface area contributed by atoms with Crippen LogP contribution in [0.1, 0.15) is 12.2 Å². The van der Waals surface area contributed by atoms with Crippen LogP contribution in [0.5, 0.6) is 0 Å². The summed E-state index contributed by atoms with van der Waals surface area (Å²) < 4.78 is 0. The first-order valence-electron chi connectivity index (χ1n) is 5.95. The van der Waals surface area contributed by atoms with E-state index >= 15 is 0 Å². The average Bonchev–Trinajstić information content (AvgIpc) is 3.04. The van der Waals surface area contributed by atoms with Gasteiger partial charge in [-0.1, -0.05) is 6.07 Å². The Morgan fingerprint density at radius 2 is 2.17 bits per heavy atom. The molecule has 0 aliphatic heterocycles. The molecule has 0 radical (unpaired) electrons. The Morgan fingerprint density at radius 1 is 1.22 bits per heavy atom. The number of aliphatic hydroxyl groups is 1. The molecule has 0 amide bonds. The van der Waals surface area contributed by atoms with Crippen LogP contribution in [0.2, 0.25) is 0 Å². The zero-order chi connectivity index (χ0) is 12.4. The highest BCUT2D eigenvalue weighted by Crippen LogP contribution is 2.21. The number of aromatic nitrogens is 4. The van der Waals surface area contributed by atoms with Gasteiger partial charge >= 0.3 is 0 Å². The van der Waals surface area contributed by atoms with Gasteiger partial charge in [0.25, 0.3) is 0 Å². The number of imidazole rings is 2. The van der Waals surface area contributed by atoms with Gasteiger partial charge in [-0.05, 0) is 18.6 Å². The minimum Gasteiger partial charge on any atom is -0.396 e. The van der Waals surface area contributed by atoms with Crippen LogP contribution in [0.25, 0.3) is 22.3 Å². The SMILES string of the molecule is OCCCc1ncc(-c2ccc3nc[nH]c3c2)[nH]1. The molecule has 0 aliphatic rings. The summed E-state index contributed by atoms with van der Waals surface area (Å²) in [6.07, 6.45) is 5.01. The van der Waals surface area contributed by atoms with Crippen molar-refractivity contribution in [2.24, 2.45) is 0 Å². The monoisotopic (exact) mass is 242 g/mol. The molecule has 3 rings (SSSR count). The van der Waals surface area contributed by atoms with E-state index in [1.807, 2.05) is 24.4 Å². The lowest BCUT2D eigenvalue weighted by Crippen LogP contribution is -1.91. The van der Waals surface area contributed by atoms with Crippen molar-refractivity contribution >= 4 is 11.0 Å². The quantitative estimate of drug-likeness (QED) is 0.653. The number of hydrogen-bond acceptors (Lipinski definition) is 3. The van der Waals surface area contributed by atoms with Gasteiger partial charge in [0.05, 0.1) is 29.3 Å². The number of fused-ring (bicyclic) bond motifs is 1. The number of nitrogens with one attached hydrogen (secondary N) is 2. The van der Waals surface area contributed by atoms with E-state index in [1.165, 1.54) is 0 Å². The summed E-state index contributed by atoms with van der Waals surface area (Å²) in [7, 11) is 0. The summed E-state index contributed by atoms with van der Waals surface area (Å²) in [5.41, 5.74) is 4.03. The maximum atomic E-state index is 8.79. The number of aryl methyl sites for hydroxylation is 1. The molecule has 3 aromatic rings. The van der Waals surface area contributed by atoms with Crippen LogP contribution >= 0.6 is 0 Å². The highest BCUT2D eigenvalue weighted by Gasteiger charge is 2.05. The number of rotatable bonds is 4. The van der Waals surface area contributed by atoms with Gasteiger partial charge in [0.2, 0.25) is 0 Å². The first-order valence-corrected chi connectivity index (χ1v) is 5.95. The third kappa shape index (κ3) is 2.00. The molecule has 5 heteroatoms. The Bertz CT molecular complexity index is 656. The van der Waals surface area contributed by atoms with Gasteiger partial charge in [0.1, 0.15) is 5.82 Å². The molecule has 0 spiro atoms. The number of hydrogen-bond donors (Lipinski definition) is 3. The minimum atomic E-state index is 0.191. The van der Waals surface area contributed by atoms with E-state index in [0.717, 1.165) is 41.0 Å². The molecule has 2 heterocycles. The molecule has 0 atom stereocenters. The zero-order valence-electron chi connectivity index (χ0n) is 9.85. The molecule has 0 aliphatic carbocycles. The second-order valence-corrected chi connectivity index (χ2v) is 4.21. The summed E-state index contributed by atoms with van der Waals surface area (Å²) in [5.74, 6) is 0.906. The predicted molar refractivity (Wildman–Crippen MR) is 69.1 cm³/mol. The van der Waals surface area contributed by atoms with E-state index in [9.17, 15) is 0 Å². The Kier molecular flexibility index (Phi) is 2.82. The van der Waals surface area contributed by atoms with E-state index in [0.29, 0.717) is 0 Å². The van der Waals surface area contributed by atoms with Crippen molar-refractivity contribution in [3.8, 4) is 11.3 Å². The second-order valence-electron chi connectivity index (χ2n) is 4.21. The Hall–Kier alpha value is -2.14. The molecule has 18 heavy (non-hydrogen) atoms. The summed E-state index contributed by atoms with van der Waals surface area (Å²) in [4.78, 5) is 14.9. The van der Waals surface area contributed by atoms with E-state index in [2.05, 4.69) is 19.9 Å². The number of nitrogens with zero attached hydrogens (tertiary/aromatic N) is 2. The van der Waals surface area contributed by atoms with Gasteiger partial charge in [0.15, 0.2) is 0 Å². The fraction of sp³-hybridized carbons (Fsp3) is 0.231. The van der Waals surface area contributed by atoms with Gasteiger partial charge in [-0.2, -0.15) is 0 Å². The maximum Gasteiger partial charge on any atom is 0.106 e. The summed E-state index contributed by atoms with van der Waals surface area (Å²) in [6, 6.07) is 6.05. The average molecular weight is 242 g/mol. The predicted octanol–water partition coefficient (Wildman–Crippen LogP) is 1.88. The Labute approximate surface area is 104 Å². The number of H-pyrrole nitrogens is 2. The van der Waals surface area contributed by atoms with Crippen LogP contribution in [0.4, 0.5) is 0 Å². The molecule has 0 saturated carbocycles. The van der Waals surface area contributed by atoms with Crippen molar-refractivity contribution < 1.29 is 5.11 Å². The van der Waals surface area contributed by atoms with Gasteiger partial charge in [-0.25, -0.2) is 9.97 Å². The molecule has 3 N–H and O–H groups in total. The van der Waals surface area contributed by atoms with Crippen molar-refractivity contribution in [1.82, 2.24) is 19.9 Å². The normalized spacial score (nSPS) is 11.2. The molecular weight excluding hydrogens is 228 g/mol. The van der Waals surface area contributed by atoms with Crippen molar-refractivity contribution in [3.05, 3.63) is 36.5 Å². The van der Waals surface area contributed by atoms with Crippen LogP contribution in [0, 0.1) is 0 Å². The van der Waals surface area contributed by atoms with Gasteiger partial charge < -0.3 is 15.1 Å². The number of aromatic amines is 2. The third-order valence-corrected chi connectivity index (χ3v) is 2.93. The second kappa shape index (κ2) is 4.62. The molecular formula is C13H14N4O. The standard InChI is InChI=1S/C13H14N4O/c18-5-1-2-13-14-7-12(17-13)9-3-4-10-11(6-9)16-8-15-10/h3-4,6-8,18H,1-2,5H2,(H,14,17)(H,15,16). The first kappa shape index (κ1) is 11.0. The van der Waals surface area contributed by atoms with E-state index in [-0.39, 0.29) is 6.61 Å². The van der Waals surface area contributed by atoms with Crippen LogP contribution in [-0.2, 0) is 6.42 Å². The molecule has 1 aromatic carbocycles. The summed E-state index contributed by atoms with van der Waals surface area (Å²) >= 11 is 0. The Morgan fingerprint density at radius 3 is 3.06 bits per heavy atom. The van der Waals surface area contributed by atoms with Crippen LogP contribution < -0.4 is 0 Å². The van der Waals surface area contributed by atoms with E-state index in [1.54, 1.807) is 6.33 Å². The van der Waals surface area contributed by atoms with Gasteiger partial charge in [-0.15, -0.1) is 0 Å². The fourth-order valence-corrected chi connectivity index (χ4v) is 1.99. The molecule has 0 saturated heterocycles. The molecule has 5 nitrogen and oxygen atoms in total. The summed E-state index contributed by atoms with van der Waals surface area (Å²) in [5, 5.41) is 8.79. The van der Waals surface area contributed by atoms with E-state index < -0.39 is 0 Å². The van der Waals surface area contributed by atoms with Crippen molar-refractivity contribution in [1.29, 1.82) is 0 Å². The van der Waals surface area contributed by atoms with Crippen molar-refractivity contribution in [2.75, 3.05) is 6.61 Å². The highest BCUT2D eigenvalue weighted by molar-refractivity contribution is 5.80. The highest BCUT2D eigenvalue weighted by atomic mass is 16.2. The molecule has 92 valence electrons. The fourth-order valence-electron chi connectivity index (χ4n) is 1.99. The zero-order valence-corrected chi connectivity index (χ0v) is 9.85. The van der Waals surface area contributed by atoms with Gasteiger partial charge in [0, 0.05) is 18.6 Å². The van der Waals surface area contributed by atoms with Crippen molar-refractivity contribution in [2.45, 2.75) is 12.8 Å². The number of aliphatic hydroxyl groups excluding tert-OH is 1. The van der Waals surface area contributed by atoms with Crippen LogP contribution in [-0.4, -0.2) is 31.6 Å². The Balaban J connectivity index is 1.90.